The van der Waals surface area contributed by atoms with Crippen molar-refractivity contribution in [1.29, 1.82) is 0 Å². The molecule has 2 rings (SSSR count). The fourth-order valence-electron chi connectivity index (χ4n) is 2.17. The Morgan fingerprint density at radius 1 is 1.38 bits per heavy atom. The number of aryl methyl sites for hydroxylation is 1. The standard InChI is InChI=1S/C13H24N4O2S2/c1-12(2)14-4-3-5-16-11-13(10-15-16)21(18,19)17-6-8-20-9-7-17/h10-12,14H,3-9H2,1-2H3. The van der Waals surface area contributed by atoms with Crippen LogP contribution in [0.3, 0.4) is 0 Å². The molecule has 0 aromatic carbocycles. The fourth-order valence-corrected chi connectivity index (χ4v) is 4.70. The van der Waals surface area contributed by atoms with E-state index in [-0.39, 0.29) is 0 Å². The van der Waals surface area contributed by atoms with Gasteiger partial charge in [-0.1, -0.05) is 13.8 Å². The monoisotopic (exact) mass is 332 g/mol. The second-order valence-electron chi connectivity index (χ2n) is 5.42. The topological polar surface area (TPSA) is 67.2 Å². The van der Waals surface area contributed by atoms with Crippen molar-refractivity contribution in [3.63, 3.8) is 0 Å². The lowest BCUT2D eigenvalue weighted by Crippen LogP contribution is -2.37. The van der Waals surface area contributed by atoms with Crippen molar-refractivity contribution in [3.05, 3.63) is 12.4 Å². The lowest BCUT2D eigenvalue weighted by Gasteiger charge is -2.24. The maximum Gasteiger partial charge on any atom is 0.246 e. The highest BCUT2D eigenvalue weighted by molar-refractivity contribution is 7.99. The van der Waals surface area contributed by atoms with Crippen molar-refractivity contribution in [2.75, 3.05) is 31.1 Å². The molecule has 0 radical (unpaired) electrons. The van der Waals surface area contributed by atoms with Crippen LogP contribution in [0, 0.1) is 0 Å². The normalized spacial score (nSPS) is 17.5. The smallest absolute Gasteiger partial charge is 0.246 e. The predicted octanol–water partition coefficient (Wildman–Crippen LogP) is 1.01. The average molecular weight is 332 g/mol. The maximum absolute atomic E-state index is 12.5. The van der Waals surface area contributed by atoms with E-state index in [0.717, 1.165) is 31.0 Å². The zero-order valence-electron chi connectivity index (χ0n) is 12.7. The van der Waals surface area contributed by atoms with Crippen LogP contribution in [0.4, 0.5) is 0 Å². The largest absolute Gasteiger partial charge is 0.314 e. The highest BCUT2D eigenvalue weighted by Crippen LogP contribution is 2.19. The summed E-state index contributed by atoms with van der Waals surface area (Å²) in [6, 6.07) is 0.468. The van der Waals surface area contributed by atoms with E-state index in [1.165, 1.54) is 6.20 Å². The van der Waals surface area contributed by atoms with Gasteiger partial charge in [0.1, 0.15) is 4.90 Å². The minimum atomic E-state index is -3.36. The van der Waals surface area contributed by atoms with Crippen molar-refractivity contribution in [2.45, 2.75) is 37.8 Å². The number of hydrogen-bond donors (Lipinski definition) is 1. The fraction of sp³-hybridized carbons (Fsp3) is 0.769. The Balaban J connectivity index is 1.92. The van der Waals surface area contributed by atoms with E-state index in [1.807, 2.05) is 0 Å². The molecular formula is C13H24N4O2S2. The summed E-state index contributed by atoms with van der Waals surface area (Å²) < 4.78 is 28.2. The molecular weight excluding hydrogens is 308 g/mol. The number of nitrogens with zero attached hydrogens (tertiary/aromatic N) is 3. The summed E-state index contributed by atoms with van der Waals surface area (Å²) in [6.45, 7) is 7.03. The van der Waals surface area contributed by atoms with Crippen LogP contribution in [0.5, 0.6) is 0 Å². The highest BCUT2D eigenvalue weighted by Gasteiger charge is 2.27. The maximum atomic E-state index is 12.5. The Bertz CT molecular complexity index is 536. The van der Waals surface area contributed by atoms with Crippen LogP contribution in [-0.2, 0) is 16.6 Å². The van der Waals surface area contributed by atoms with E-state index in [2.05, 4.69) is 24.3 Å². The van der Waals surface area contributed by atoms with Crippen LogP contribution < -0.4 is 5.32 Å². The van der Waals surface area contributed by atoms with Crippen molar-refractivity contribution in [2.24, 2.45) is 0 Å². The molecule has 120 valence electrons. The molecule has 8 heteroatoms. The molecule has 0 saturated carbocycles. The van der Waals surface area contributed by atoms with Crippen LogP contribution in [0.2, 0.25) is 0 Å². The van der Waals surface area contributed by atoms with Gasteiger partial charge in [-0.25, -0.2) is 8.42 Å². The average Bonchev–Trinajstić information content (AvgIpc) is 2.94. The first-order valence-corrected chi connectivity index (χ1v) is 9.93. The van der Waals surface area contributed by atoms with E-state index in [4.69, 9.17) is 0 Å². The van der Waals surface area contributed by atoms with Crippen molar-refractivity contribution < 1.29 is 8.42 Å². The summed E-state index contributed by atoms with van der Waals surface area (Å²) in [7, 11) is -3.36. The van der Waals surface area contributed by atoms with Crippen molar-refractivity contribution in [1.82, 2.24) is 19.4 Å². The lowest BCUT2D eigenvalue weighted by molar-refractivity contribution is 0.443. The van der Waals surface area contributed by atoms with Gasteiger partial charge >= 0.3 is 0 Å². The molecule has 1 aromatic rings. The Morgan fingerprint density at radius 3 is 2.76 bits per heavy atom. The minimum absolute atomic E-state index is 0.311. The zero-order valence-corrected chi connectivity index (χ0v) is 14.3. The summed E-state index contributed by atoms with van der Waals surface area (Å²) >= 11 is 1.80. The Kier molecular flexibility index (Phi) is 6.09. The molecule has 2 heterocycles. The molecule has 1 N–H and O–H groups in total. The summed E-state index contributed by atoms with van der Waals surface area (Å²) in [4.78, 5) is 0.311. The number of thioether (sulfide) groups is 1. The second-order valence-corrected chi connectivity index (χ2v) is 8.58. The Hall–Kier alpha value is -0.570. The third kappa shape index (κ3) is 4.70. The molecule has 21 heavy (non-hydrogen) atoms. The third-order valence-corrected chi connectivity index (χ3v) is 6.13. The molecule has 0 aliphatic carbocycles. The molecule has 0 amide bonds. The van der Waals surface area contributed by atoms with Crippen LogP contribution in [-0.4, -0.2) is 59.7 Å². The number of nitrogens with one attached hydrogen (secondary N) is 1. The minimum Gasteiger partial charge on any atom is -0.314 e. The molecule has 6 nitrogen and oxygen atoms in total. The number of aromatic nitrogens is 2. The first-order chi connectivity index (χ1) is 10.00. The quantitative estimate of drug-likeness (QED) is 0.755. The highest BCUT2D eigenvalue weighted by atomic mass is 32.2. The summed E-state index contributed by atoms with van der Waals surface area (Å²) in [5, 5.41) is 7.51. The van der Waals surface area contributed by atoms with Gasteiger partial charge in [0.15, 0.2) is 0 Å². The van der Waals surface area contributed by atoms with Gasteiger partial charge in [0.2, 0.25) is 10.0 Å². The molecule has 0 bridgehead atoms. The first-order valence-electron chi connectivity index (χ1n) is 7.34. The second kappa shape index (κ2) is 7.62. The van der Waals surface area contributed by atoms with Crippen LogP contribution >= 0.6 is 11.8 Å². The molecule has 1 saturated heterocycles. The van der Waals surface area contributed by atoms with Gasteiger partial charge in [-0.2, -0.15) is 21.2 Å². The van der Waals surface area contributed by atoms with Gasteiger partial charge < -0.3 is 5.32 Å². The van der Waals surface area contributed by atoms with Gasteiger partial charge in [0.05, 0.1) is 6.20 Å². The van der Waals surface area contributed by atoms with Gasteiger partial charge in [-0.3, -0.25) is 4.68 Å². The molecule has 1 aliphatic rings. The van der Waals surface area contributed by atoms with E-state index < -0.39 is 10.0 Å². The SMILES string of the molecule is CC(C)NCCCn1cc(S(=O)(=O)N2CCSCC2)cn1. The van der Waals surface area contributed by atoms with E-state index in [9.17, 15) is 8.42 Å². The molecule has 1 aromatic heterocycles. The Labute approximate surface area is 131 Å². The third-order valence-electron chi connectivity index (χ3n) is 3.33. The summed E-state index contributed by atoms with van der Waals surface area (Å²) in [5.41, 5.74) is 0. The van der Waals surface area contributed by atoms with E-state index in [1.54, 1.807) is 26.9 Å². The van der Waals surface area contributed by atoms with Crippen molar-refractivity contribution >= 4 is 21.8 Å². The van der Waals surface area contributed by atoms with Crippen molar-refractivity contribution in [3.8, 4) is 0 Å². The molecule has 0 unspecified atom stereocenters. The number of rotatable bonds is 7. The lowest BCUT2D eigenvalue weighted by atomic mass is 10.3. The Morgan fingerprint density at radius 2 is 2.10 bits per heavy atom. The summed E-state index contributed by atoms with van der Waals surface area (Å²) in [6.07, 6.45) is 4.04. The molecule has 0 spiro atoms. The molecule has 1 fully saturated rings. The van der Waals surface area contributed by atoms with Gasteiger partial charge in [-0.05, 0) is 13.0 Å². The number of hydrogen-bond acceptors (Lipinski definition) is 5. The van der Waals surface area contributed by atoms with Crippen LogP contribution in [0.25, 0.3) is 0 Å². The van der Waals surface area contributed by atoms with Gasteiger partial charge in [0, 0.05) is 43.4 Å². The summed E-state index contributed by atoms with van der Waals surface area (Å²) in [5.74, 6) is 1.74. The first kappa shape index (κ1) is 16.8. The van der Waals surface area contributed by atoms with Gasteiger partial charge in [-0.15, -0.1) is 0 Å². The molecule has 0 atom stereocenters. The van der Waals surface area contributed by atoms with E-state index in [0.29, 0.717) is 24.0 Å². The van der Waals surface area contributed by atoms with Crippen LogP contribution in [0.15, 0.2) is 17.3 Å². The zero-order chi connectivity index (χ0) is 15.3. The van der Waals surface area contributed by atoms with Crippen LogP contribution in [0.1, 0.15) is 20.3 Å². The van der Waals surface area contributed by atoms with Gasteiger partial charge in [0.25, 0.3) is 0 Å². The predicted molar refractivity (Wildman–Crippen MR) is 86.1 cm³/mol. The number of sulfonamides is 1. The van der Waals surface area contributed by atoms with E-state index >= 15 is 0 Å². The molecule has 1 aliphatic heterocycles.